The van der Waals surface area contributed by atoms with Crippen LogP contribution >= 0.6 is 0 Å². The van der Waals surface area contributed by atoms with Crippen LogP contribution in [0, 0.1) is 0 Å². The Balaban J connectivity index is 1.87. The molecule has 2 heterocycles. The molecule has 0 spiro atoms. The molecule has 2 atom stereocenters. The molecule has 2 N–H and O–H groups in total. The van der Waals surface area contributed by atoms with E-state index in [1.807, 2.05) is 0 Å². The molecule has 84 valence electrons. The summed E-state index contributed by atoms with van der Waals surface area (Å²) in [6.45, 7) is 1.70. The van der Waals surface area contributed by atoms with Crippen molar-refractivity contribution >= 4 is 11.8 Å². The van der Waals surface area contributed by atoms with E-state index in [0.29, 0.717) is 0 Å². The van der Waals surface area contributed by atoms with Crippen LogP contribution in [0.3, 0.4) is 0 Å². The van der Waals surface area contributed by atoms with Crippen LogP contribution in [0.25, 0.3) is 0 Å². The van der Waals surface area contributed by atoms with Crippen LogP contribution in [0.2, 0.25) is 0 Å². The number of hydrogen-bond acceptors (Lipinski definition) is 3. The summed E-state index contributed by atoms with van der Waals surface area (Å²) in [6, 6.07) is -0.385. The predicted octanol–water partition coefficient (Wildman–Crippen LogP) is -0.915. The zero-order valence-corrected chi connectivity index (χ0v) is 8.95. The number of hydrogen-bond donors (Lipinski definition) is 2. The Kier molecular flexibility index (Phi) is 2.90. The molecule has 2 rings (SSSR count). The quantitative estimate of drug-likeness (QED) is 0.621. The highest BCUT2D eigenvalue weighted by molar-refractivity contribution is 5.90. The third-order valence-electron chi connectivity index (χ3n) is 3.12. The van der Waals surface area contributed by atoms with Crippen LogP contribution in [0.5, 0.6) is 0 Å². The fourth-order valence-electron chi connectivity index (χ4n) is 1.95. The van der Waals surface area contributed by atoms with Crippen molar-refractivity contribution in [2.45, 2.75) is 31.3 Å². The third kappa shape index (κ3) is 2.12. The fraction of sp³-hybridized carbons (Fsp3) is 0.800. The Hall–Kier alpha value is -1.10. The summed E-state index contributed by atoms with van der Waals surface area (Å²) >= 11 is 0. The maximum absolute atomic E-state index is 11.7. The van der Waals surface area contributed by atoms with E-state index >= 15 is 0 Å². The number of likely N-dealkylation sites (N-methyl/N-ethyl adjacent to an activating group) is 1. The fourth-order valence-corrected chi connectivity index (χ4v) is 1.95. The van der Waals surface area contributed by atoms with Crippen LogP contribution in [0.1, 0.15) is 19.3 Å². The lowest BCUT2D eigenvalue weighted by atomic mass is 10.0. The smallest absolute Gasteiger partial charge is 0.244 e. The van der Waals surface area contributed by atoms with Crippen LogP contribution in [-0.2, 0) is 9.59 Å². The van der Waals surface area contributed by atoms with E-state index in [2.05, 4.69) is 10.6 Å². The number of rotatable bonds is 2. The summed E-state index contributed by atoms with van der Waals surface area (Å²) in [5.41, 5.74) is 0. The van der Waals surface area contributed by atoms with Gasteiger partial charge in [-0.25, -0.2) is 0 Å². The second-order valence-electron chi connectivity index (χ2n) is 4.26. The third-order valence-corrected chi connectivity index (χ3v) is 3.12. The van der Waals surface area contributed by atoms with E-state index in [0.717, 1.165) is 32.4 Å². The van der Waals surface area contributed by atoms with Gasteiger partial charge in [0.2, 0.25) is 11.8 Å². The van der Waals surface area contributed by atoms with Gasteiger partial charge in [-0.15, -0.1) is 0 Å². The minimum Gasteiger partial charge on any atom is -0.344 e. The highest BCUT2D eigenvalue weighted by Gasteiger charge is 2.31. The van der Waals surface area contributed by atoms with Gasteiger partial charge in [0, 0.05) is 13.6 Å². The van der Waals surface area contributed by atoms with Gasteiger partial charge in [0.1, 0.15) is 6.04 Å². The van der Waals surface area contributed by atoms with Crippen molar-refractivity contribution in [2.75, 3.05) is 20.1 Å². The van der Waals surface area contributed by atoms with Gasteiger partial charge in [-0.2, -0.15) is 0 Å². The molecule has 0 aromatic heterocycles. The summed E-state index contributed by atoms with van der Waals surface area (Å²) in [5.74, 6) is 0.00354. The van der Waals surface area contributed by atoms with Crippen LogP contribution in [0.15, 0.2) is 0 Å². The van der Waals surface area contributed by atoms with Crippen molar-refractivity contribution in [3.8, 4) is 0 Å². The topological polar surface area (TPSA) is 61.4 Å². The van der Waals surface area contributed by atoms with Crippen LogP contribution in [0.4, 0.5) is 0 Å². The molecule has 2 aliphatic rings. The number of nitrogens with one attached hydrogen (secondary N) is 2. The molecule has 5 nitrogen and oxygen atoms in total. The van der Waals surface area contributed by atoms with Gasteiger partial charge >= 0.3 is 0 Å². The number of nitrogens with zero attached hydrogens (tertiary/aromatic N) is 1. The monoisotopic (exact) mass is 211 g/mol. The van der Waals surface area contributed by atoms with Crippen molar-refractivity contribution in [3.05, 3.63) is 0 Å². The molecule has 2 aliphatic heterocycles. The van der Waals surface area contributed by atoms with E-state index in [1.165, 1.54) is 0 Å². The molecule has 1 unspecified atom stereocenters. The molecule has 15 heavy (non-hydrogen) atoms. The molecule has 0 saturated carbocycles. The standard InChI is InChI=1S/C10H17N3O2/c1-13-6-2-3-8(10(13)15)12-9(14)7-4-5-11-7/h7-8,11H,2-6H2,1H3,(H,12,14)/t7-,8?/m1/s1. The number of carbonyl (C=O) groups is 2. The summed E-state index contributed by atoms with van der Waals surface area (Å²) < 4.78 is 0. The van der Waals surface area contributed by atoms with Crippen molar-refractivity contribution in [1.82, 2.24) is 15.5 Å². The molecule has 2 fully saturated rings. The molecule has 0 aliphatic carbocycles. The highest BCUT2D eigenvalue weighted by atomic mass is 16.2. The Morgan fingerprint density at radius 1 is 1.53 bits per heavy atom. The van der Waals surface area contributed by atoms with Crippen LogP contribution < -0.4 is 10.6 Å². The molecule has 2 saturated heterocycles. The zero-order valence-electron chi connectivity index (χ0n) is 8.95. The summed E-state index contributed by atoms with van der Waals surface area (Å²) in [5, 5.41) is 5.83. The van der Waals surface area contributed by atoms with E-state index in [4.69, 9.17) is 0 Å². The average molecular weight is 211 g/mol. The Labute approximate surface area is 89.2 Å². The zero-order chi connectivity index (χ0) is 10.8. The number of amides is 2. The highest BCUT2D eigenvalue weighted by Crippen LogP contribution is 2.11. The first-order valence-electron chi connectivity index (χ1n) is 5.47. The summed E-state index contributed by atoms with van der Waals surface area (Å²) in [4.78, 5) is 25.0. The Morgan fingerprint density at radius 2 is 2.27 bits per heavy atom. The Bertz CT molecular complexity index is 276. The number of carbonyl (C=O) groups excluding carboxylic acids is 2. The van der Waals surface area contributed by atoms with Crippen molar-refractivity contribution in [1.29, 1.82) is 0 Å². The predicted molar refractivity (Wildman–Crippen MR) is 55.2 cm³/mol. The molecule has 0 aromatic rings. The minimum absolute atomic E-state index is 0.0325. The first-order chi connectivity index (χ1) is 7.18. The lowest BCUT2D eigenvalue weighted by molar-refractivity contribution is -0.138. The molecular formula is C10H17N3O2. The van der Waals surface area contributed by atoms with Crippen molar-refractivity contribution in [3.63, 3.8) is 0 Å². The molecule has 2 amide bonds. The van der Waals surface area contributed by atoms with Gasteiger partial charge in [0.15, 0.2) is 0 Å². The van der Waals surface area contributed by atoms with Crippen LogP contribution in [-0.4, -0.2) is 48.9 Å². The molecular weight excluding hydrogens is 194 g/mol. The second-order valence-corrected chi connectivity index (χ2v) is 4.26. The van der Waals surface area contributed by atoms with Gasteiger partial charge in [0.25, 0.3) is 0 Å². The average Bonchev–Trinajstić information content (AvgIpc) is 2.10. The normalized spacial score (nSPS) is 31.0. The van der Waals surface area contributed by atoms with Gasteiger partial charge in [-0.3, -0.25) is 9.59 Å². The SMILES string of the molecule is CN1CCCC(NC(=O)[C@H]2CCN2)C1=O. The lowest BCUT2D eigenvalue weighted by Gasteiger charge is -2.32. The lowest BCUT2D eigenvalue weighted by Crippen LogP contribution is -2.58. The summed E-state index contributed by atoms with van der Waals surface area (Å²) in [6.07, 6.45) is 2.61. The minimum atomic E-state index is -0.307. The van der Waals surface area contributed by atoms with E-state index in [9.17, 15) is 9.59 Å². The Morgan fingerprint density at radius 3 is 2.87 bits per heavy atom. The van der Waals surface area contributed by atoms with Gasteiger partial charge in [0.05, 0.1) is 6.04 Å². The summed E-state index contributed by atoms with van der Waals surface area (Å²) in [7, 11) is 1.78. The van der Waals surface area contributed by atoms with E-state index in [1.54, 1.807) is 11.9 Å². The molecule has 0 bridgehead atoms. The number of likely N-dealkylation sites (tertiary alicyclic amines) is 1. The maximum atomic E-state index is 11.7. The molecule has 5 heteroatoms. The van der Waals surface area contributed by atoms with Gasteiger partial charge < -0.3 is 15.5 Å². The van der Waals surface area contributed by atoms with E-state index < -0.39 is 0 Å². The van der Waals surface area contributed by atoms with E-state index in [-0.39, 0.29) is 23.9 Å². The maximum Gasteiger partial charge on any atom is 0.244 e. The number of piperidine rings is 1. The second kappa shape index (κ2) is 4.18. The largest absolute Gasteiger partial charge is 0.344 e. The van der Waals surface area contributed by atoms with Crippen molar-refractivity contribution < 1.29 is 9.59 Å². The first-order valence-corrected chi connectivity index (χ1v) is 5.47. The van der Waals surface area contributed by atoms with Crippen molar-refractivity contribution in [2.24, 2.45) is 0 Å². The van der Waals surface area contributed by atoms with Gasteiger partial charge in [-0.1, -0.05) is 0 Å². The molecule has 0 aromatic carbocycles. The first kappa shape index (κ1) is 10.4. The molecule has 0 radical (unpaired) electrons. The van der Waals surface area contributed by atoms with Gasteiger partial charge in [-0.05, 0) is 25.8 Å².